The second-order valence-electron chi connectivity index (χ2n) is 3.36. The van der Waals surface area contributed by atoms with Gasteiger partial charge in [0.15, 0.2) is 0 Å². The molecule has 1 rings (SSSR count). The summed E-state index contributed by atoms with van der Waals surface area (Å²) in [5.41, 5.74) is 0.885. The standard InChI is InChI=1S/C11H13ClN2O4/c1-7(16)13-10-3-2-8(6-9(10)12)14-11(17)18-5-4-15/h2-3,6,15H,4-5H2,1H3,(H,13,16)(H,14,17). The summed E-state index contributed by atoms with van der Waals surface area (Å²) in [5.74, 6) is -0.236. The van der Waals surface area contributed by atoms with Crippen LogP contribution in [0, 0.1) is 0 Å². The van der Waals surface area contributed by atoms with Crippen molar-refractivity contribution in [2.45, 2.75) is 6.92 Å². The average Bonchev–Trinajstić information content (AvgIpc) is 2.29. The van der Waals surface area contributed by atoms with E-state index in [1.54, 1.807) is 12.1 Å². The van der Waals surface area contributed by atoms with E-state index in [0.717, 1.165) is 0 Å². The molecule has 0 saturated heterocycles. The van der Waals surface area contributed by atoms with Gasteiger partial charge in [-0.2, -0.15) is 0 Å². The molecule has 18 heavy (non-hydrogen) atoms. The van der Waals surface area contributed by atoms with Gasteiger partial charge in [-0.25, -0.2) is 4.79 Å². The molecule has 0 atom stereocenters. The Labute approximate surface area is 109 Å². The average molecular weight is 273 g/mol. The van der Waals surface area contributed by atoms with Crippen molar-refractivity contribution >= 4 is 35.0 Å². The van der Waals surface area contributed by atoms with Crippen molar-refractivity contribution in [3.05, 3.63) is 23.2 Å². The van der Waals surface area contributed by atoms with Crippen LogP contribution in [0.4, 0.5) is 16.2 Å². The number of carbonyl (C=O) groups is 2. The molecule has 2 amide bonds. The van der Waals surface area contributed by atoms with Crippen molar-refractivity contribution < 1.29 is 19.4 Å². The Morgan fingerprint density at radius 2 is 2.11 bits per heavy atom. The van der Waals surface area contributed by atoms with Crippen LogP contribution in [0.3, 0.4) is 0 Å². The highest BCUT2D eigenvalue weighted by Crippen LogP contribution is 2.25. The molecule has 7 heteroatoms. The summed E-state index contributed by atoms with van der Waals surface area (Å²) >= 11 is 5.91. The maximum Gasteiger partial charge on any atom is 0.411 e. The number of ether oxygens (including phenoxy) is 1. The molecule has 6 nitrogen and oxygen atoms in total. The molecule has 0 fully saturated rings. The number of halogens is 1. The lowest BCUT2D eigenvalue weighted by atomic mass is 10.2. The quantitative estimate of drug-likeness (QED) is 0.780. The third-order valence-corrected chi connectivity index (χ3v) is 2.16. The highest BCUT2D eigenvalue weighted by Gasteiger charge is 2.06. The maximum atomic E-state index is 11.2. The largest absolute Gasteiger partial charge is 0.447 e. The Morgan fingerprint density at radius 3 is 2.67 bits per heavy atom. The van der Waals surface area contributed by atoms with Crippen molar-refractivity contribution in [2.24, 2.45) is 0 Å². The number of hydrogen-bond acceptors (Lipinski definition) is 4. The van der Waals surface area contributed by atoms with Crippen LogP contribution in [0.25, 0.3) is 0 Å². The van der Waals surface area contributed by atoms with Gasteiger partial charge in [0.05, 0.1) is 17.3 Å². The summed E-state index contributed by atoms with van der Waals surface area (Å²) in [6, 6.07) is 4.61. The molecule has 0 aliphatic carbocycles. The molecule has 0 radical (unpaired) electrons. The summed E-state index contributed by atoms with van der Waals surface area (Å²) in [6.45, 7) is 1.05. The van der Waals surface area contributed by atoms with Crippen molar-refractivity contribution in [1.29, 1.82) is 0 Å². The highest BCUT2D eigenvalue weighted by molar-refractivity contribution is 6.34. The van der Waals surface area contributed by atoms with Crippen LogP contribution in [-0.4, -0.2) is 30.3 Å². The maximum absolute atomic E-state index is 11.2. The summed E-state index contributed by atoms with van der Waals surface area (Å²) in [7, 11) is 0. The molecule has 1 aromatic carbocycles. The van der Waals surface area contributed by atoms with E-state index in [1.165, 1.54) is 13.0 Å². The first-order valence-corrected chi connectivity index (χ1v) is 5.52. The summed E-state index contributed by atoms with van der Waals surface area (Å²) < 4.78 is 4.62. The fourth-order valence-corrected chi connectivity index (χ4v) is 1.40. The molecule has 0 aliphatic rings. The first-order valence-electron chi connectivity index (χ1n) is 5.14. The molecule has 0 unspecified atom stereocenters. The molecule has 0 saturated carbocycles. The van der Waals surface area contributed by atoms with Crippen molar-refractivity contribution in [1.82, 2.24) is 0 Å². The first kappa shape index (κ1) is 14.3. The summed E-state index contributed by atoms with van der Waals surface area (Å²) in [5, 5.41) is 13.7. The molecule has 98 valence electrons. The predicted molar refractivity (Wildman–Crippen MR) is 67.8 cm³/mol. The summed E-state index contributed by atoms with van der Waals surface area (Å²) in [4.78, 5) is 22.1. The number of aliphatic hydroxyl groups excluding tert-OH is 1. The topological polar surface area (TPSA) is 87.7 Å². The van der Waals surface area contributed by atoms with Gasteiger partial charge in [0.1, 0.15) is 6.61 Å². The fourth-order valence-electron chi connectivity index (χ4n) is 1.18. The number of nitrogens with one attached hydrogen (secondary N) is 2. The van der Waals surface area contributed by atoms with Gasteiger partial charge < -0.3 is 15.2 Å². The van der Waals surface area contributed by atoms with E-state index in [-0.39, 0.29) is 19.1 Å². The minimum absolute atomic E-state index is 0.0798. The molecule has 0 heterocycles. The van der Waals surface area contributed by atoms with E-state index >= 15 is 0 Å². The Balaban J connectivity index is 2.66. The minimum atomic E-state index is -0.688. The van der Waals surface area contributed by atoms with Crippen LogP contribution >= 0.6 is 11.6 Å². The molecular formula is C11H13ClN2O4. The van der Waals surface area contributed by atoms with Crippen LogP contribution in [-0.2, 0) is 9.53 Å². The van der Waals surface area contributed by atoms with Gasteiger partial charge in [0, 0.05) is 12.6 Å². The minimum Gasteiger partial charge on any atom is -0.447 e. The van der Waals surface area contributed by atoms with E-state index in [4.69, 9.17) is 16.7 Å². The van der Waals surface area contributed by atoms with E-state index in [9.17, 15) is 9.59 Å². The zero-order valence-electron chi connectivity index (χ0n) is 9.70. The molecule has 0 aliphatic heterocycles. The third kappa shape index (κ3) is 4.60. The number of carbonyl (C=O) groups excluding carboxylic acids is 2. The molecule has 3 N–H and O–H groups in total. The van der Waals surface area contributed by atoms with Crippen LogP contribution in [0.5, 0.6) is 0 Å². The Morgan fingerprint density at radius 1 is 1.39 bits per heavy atom. The van der Waals surface area contributed by atoms with Gasteiger partial charge in [0.25, 0.3) is 0 Å². The Kier molecular flexibility index (Phi) is 5.41. The number of rotatable bonds is 4. The van der Waals surface area contributed by atoms with Crippen LogP contribution < -0.4 is 10.6 Å². The second kappa shape index (κ2) is 6.83. The molecule has 0 bridgehead atoms. The van der Waals surface area contributed by atoms with Gasteiger partial charge in [-0.1, -0.05) is 11.6 Å². The van der Waals surface area contributed by atoms with E-state index in [0.29, 0.717) is 16.4 Å². The lowest BCUT2D eigenvalue weighted by Crippen LogP contribution is -2.15. The predicted octanol–water partition coefficient (Wildman–Crippen LogP) is 1.84. The smallest absolute Gasteiger partial charge is 0.411 e. The molecular weight excluding hydrogens is 260 g/mol. The van der Waals surface area contributed by atoms with Gasteiger partial charge >= 0.3 is 6.09 Å². The zero-order valence-corrected chi connectivity index (χ0v) is 10.5. The van der Waals surface area contributed by atoms with Gasteiger partial charge in [-0.3, -0.25) is 10.1 Å². The van der Waals surface area contributed by atoms with Gasteiger partial charge in [-0.05, 0) is 18.2 Å². The fraction of sp³-hybridized carbons (Fsp3) is 0.273. The first-order chi connectivity index (χ1) is 8.52. The third-order valence-electron chi connectivity index (χ3n) is 1.85. The molecule has 0 spiro atoms. The highest BCUT2D eigenvalue weighted by atomic mass is 35.5. The lowest BCUT2D eigenvalue weighted by Gasteiger charge is -2.09. The van der Waals surface area contributed by atoms with E-state index < -0.39 is 6.09 Å². The van der Waals surface area contributed by atoms with Crippen LogP contribution in [0.1, 0.15) is 6.92 Å². The number of aliphatic hydroxyl groups is 1. The van der Waals surface area contributed by atoms with Crippen molar-refractivity contribution in [2.75, 3.05) is 23.8 Å². The SMILES string of the molecule is CC(=O)Nc1ccc(NC(=O)OCCO)cc1Cl. The summed E-state index contributed by atoms with van der Waals surface area (Å²) in [6.07, 6.45) is -0.688. The second-order valence-corrected chi connectivity index (χ2v) is 3.77. The van der Waals surface area contributed by atoms with Gasteiger partial charge in [-0.15, -0.1) is 0 Å². The number of anilines is 2. The van der Waals surface area contributed by atoms with Crippen LogP contribution in [0.2, 0.25) is 5.02 Å². The Bertz CT molecular complexity index is 451. The monoisotopic (exact) mass is 272 g/mol. The van der Waals surface area contributed by atoms with Crippen LogP contribution in [0.15, 0.2) is 18.2 Å². The van der Waals surface area contributed by atoms with E-state index in [1.807, 2.05) is 0 Å². The van der Waals surface area contributed by atoms with Gasteiger partial charge in [0.2, 0.25) is 5.91 Å². The lowest BCUT2D eigenvalue weighted by molar-refractivity contribution is -0.114. The number of hydrogen-bond donors (Lipinski definition) is 3. The Hall–Kier alpha value is -1.79. The number of benzene rings is 1. The van der Waals surface area contributed by atoms with E-state index in [2.05, 4.69) is 15.4 Å². The van der Waals surface area contributed by atoms with Crippen molar-refractivity contribution in [3.63, 3.8) is 0 Å². The zero-order chi connectivity index (χ0) is 13.5. The molecule has 0 aromatic heterocycles. The molecule has 1 aromatic rings. The van der Waals surface area contributed by atoms with Crippen molar-refractivity contribution in [3.8, 4) is 0 Å². The number of amides is 2. The normalized spacial score (nSPS) is 9.72.